The van der Waals surface area contributed by atoms with Crippen LogP contribution in [0.15, 0.2) is 60.8 Å². The van der Waals surface area contributed by atoms with Crippen LogP contribution in [-0.4, -0.2) is 22.9 Å². The maximum Gasteiger partial charge on any atom is 0.269 e. The number of pyridine rings is 1. The van der Waals surface area contributed by atoms with Crippen LogP contribution in [0.2, 0.25) is 0 Å². The third kappa shape index (κ3) is 3.63. The summed E-state index contributed by atoms with van der Waals surface area (Å²) in [7, 11) is 1.73. The van der Waals surface area contributed by atoms with Crippen molar-refractivity contribution in [2.45, 2.75) is 12.8 Å². The van der Waals surface area contributed by atoms with Crippen LogP contribution >= 0.6 is 0 Å². The number of nitro benzene ring substituents is 1. The fourth-order valence-electron chi connectivity index (χ4n) is 2.76. The molecule has 0 aliphatic heterocycles. The molecule has 0 radical (unpaired) electrons. The molecule has 0 N–H and O–H groups in total. The lowest BCUT2D eigenvalue weighted by Gasteiger charge is -2.19. The molecule has 6 nitrogen and oxygen atoms in total. The summed E-state index contributed by atoms with van der Waals surface area (Å²) in [6.07, 6.45) is 2.44. The number of aryl methyl sites for hydroxylation is 1. The predicted octanol–water partition coefficient (Wildman–Crippen LogP) is 3.74. The number of hydrogen-bond acceptors (Lipinski definition) is 4. The average molecular weight is 335 g/mol. The van der Waals surface area contributed by atoms with E-state index in [9.17, 15) is 14.9 Å². The number of anilines is 1. The molecule has 3 rings (SSSR count). The van der Waals surface area contributed by atoms with Gasteiger partial charge >= 0.3 is 0 Å². The summed E-state index contributed by atoms with van der Waals surface area (Å²) in [6, 6.07) is 15.8. The van der Waals surface area contributed by atoms with Crippen molar-refractivity contribution in [3.63, 3.8) is 0 Å². The molecular formula is C19H17N3O3. The van der Waals surface area contributed by atoms with Crippen LogP contribution in [0, 0.1) is 10.1 Å². The van der Waals surface area contributed by atoms with Crippen LogP contribution in [0.5, 0.6) is 0 Å². The van der Waals surface area contributed by atoms with Crippen molar-refractivity contribution in [3.05, 3.63) is 76.5 Å². The highest BCUT2D eigenvalue weighted by Crippen LogP contribution is 2.25. The number of amides is 1. The zero-order chi connectivity index (χ0) is 17.8. The molecule has 0 spiro atoms. The minimum absolute atomic E-state index is 0.0402. The number of hydrogen-bond donors (Lipinski definition) is 0. The monoisotopic (exact) mass is 335 g/mol. The van der Waals surface area contributed by atoms with Gasteiger partial charge in [-0.3, -0.25) is 19.9 Å². The number of nitrogens with zero attached hydrogens (tertiary/aromatic N) is 3. The van der Waals surface area contributed by atoms with E-state index in [0.29, 0.717) is 6.42 Å². The van der Waals surface area contributed by atoms with Crippen LogP contribution < -0.4 is 4.90 Å². The molecule has 0 aliphatic carbocycles. The number of nitro groups is 1. The van der Waals surface area contributed by atoms with E-state index in [1.165, 1.54) is 12.1 Å². The maximum absolute atomic E-state index is 12.6. The lowest BCUT2D eigenvalue weighted by atomic mass is 10.1. The summed E-state index contributed by atoms with van der Waals surface area (Å²) in [6.45, 7) is 0. The van der Waals surface area contributed by atoms with Crippen LogP contribution in [0.25, 0.3) is 10.9 Å². The van der Waals surface area contributed by atoms with E-state index < -0.39 is 4.92 Å². The molecular weight excluding hydrogens is 318 g/mol. The number of non-ortho nitro benzene ring substituents is 1. The number of rotatable bonds is 5. The largest absolute Gasteiger partial charge is 0.315 e. The van der Waals surface area contributed by atoms with Gasteiger partial charge in [-0.15, -0.1) is 0 Å². The minimum atomic E-state index is -0.430. The summed E-state index contributed by atoms with van der Waals surface area (Å²) in [5.41, 5.74) is 2.45. The Hall–Kier alpha value is -3.28. The number of carbonyl (C=O) groups is 1. The van der Waals surface area contributed by atoms with E-state index in [1.54, 1.807) is 30.3 Å². The molecule has 1 aromatic heterocycles. The van der Waals surface area contributed by atoms with E-state index in [1.807, 2.05) is 30.3 Å². The van der Waals surface area contributed by atoms with Gasteiger partial charge in [0.2, 0.25) is 5.91 Å². The van der Waals surface area contributed by atoms with Gasteiger partial charge in [0.15, 0.2) is 0 Å². The standard InChI is InChI=1S/C19H17N3O3/c1-21(18-9-3-8-17-16(18)7-4-12-20-17)19(23)11-10-14-5-2-6-15(13-14)22(24)25/h2-9,12-13H,10-11H2,1H3. The van der Waals surface area contributed by atoms with Gasteiger partial charge in [0.25, 0.3) is 5.69 Å². The first kappa shape index (κ1) is 16.6. The Morgan fingerprint density at radius 2 is 1.96 bits per heavy atom. The highest BCUT2D eigenvalue weighted by atomic mass is 16.6. The van der Waals surface area contributed by atoms with E-state index in [4.69, 9.17) is 0 Å². The van der Waals surface area contributed by atoms with Crippen molar-refractivity contribution in [2.24, 2.45) is 0 Å². The maximum atomic E-state index is 12.6. The fourth-order valence-corrected chi connectivity index (χ4v) is 2.76. The molecule has 0 bridgehead atoms. The number of aromatic nitrogens is 1. The van der Waals surface area contributed by atoms with Crippen molar-refractivity contribution in [2.75, 3.05) is 11.9 Å². The first-order valence-electron chi connectivity index (χ1n) is 7.90. The van der Waals surface area contributed by atoms with Crippen LogP contribution in [-0.2, 0) is 11.2 Å². The van der Waals surface area contributed by atoms with Gasteiger partial charge in [-0.1, -0.05) is 18.2 Å². The van der Waals surface area contributed by atoms with Gasteiger partial charge in [-0.05, 0) is 36.2 Å². The first-order valence-corrected chi connectivity index (χ1v) is 7.90. The molecule has 0 saturated heterocycles. The molecule has 0 unspecified atom stereocenters. The van der Waals surface area contributed by atoms with E-state index >= 15 is 0 Å². The lowest BCUT2D eigenvalue weighted by molar-refractivity contribution is -0.384. The molecule has 0 saturated carbocycles. The molecule has 3 aromatic rings. The van der Waals surface area contributed by atoms with Gasteiger partial charge in [-0.25, -0.2) is 0 Å². The van der Waals surface area contributed by atoms with Crippen molar-refractivity contribution >= 4 is 28.2 Å². The second-order valence-electron chi connectivity index (χ2n) is 5.73. The van der Waals surface area contributed by atoms with Gasteiger partial charge < -0.3 is 4.90 Å². The predicted molar refractivity (Wildman–Crippen MR) is 96.6 cm³/mol. The molecule has 1 amide bonds. The van der Waals surface area contributed by atoms with Crippen molar-refractivity contribution in [1.29, 1.82) is 0 Å². The zero-order valence-corrected chi connectivity index (χ0v) is 13.8. The first-order chi connectivity index (χ1) is 12.1. The average Bonchev–Trinajstić information content (AvgIpc) is 2.65. The van der Waals surface area contributed by atoms with Gasteiger partial charge in [0, 0.05) is 37.2 Å². The molecule has 0 fully saturated rings. The number of fused-ring (bicyclic) bond motifs is 1. The molecule has 0 atom stereocenters. The Labute approximate surface area is 144 Å². The Bertz CT molecular complexity index is 935. The third-order valence-electron chi connectivity index (χ3n) is 4.11. The van der Waals surface area contributed by atoms with Crippen LogP contribution in [0.3, 0.4) is 0 Å². The minimum Gasteiger partial charge on any atom is -0.315 e. The molecule has 126 valence electrons. The van der Waals surface area contributed by atoms with Gasteiger partial charge in [0.05, 0.1) is 16.1 Å². The van der Waals surface area contributed by atoms with Crippen LogP contribution in [0.4, 0.5) is 11.4 Å². The second kappa shape index (κ2) is 7.09. The van der Waals surface area contributed by atoms with Crippen molar-refractivity contribution in [3.8, 4) is 0 Å². The smallest absolute Gasteiger partial charge is 0.269 e. The molecule has 1 heterocycles. The summed E-state index contributed by atoms with van der Waals surface area (Å²) in [5, 5.41) is 11.7. The van der Waals surface area contributed by atoms with Gasteiger partial charge in [0.1, 0.15) is 0 Å². The highest BCUT2D eigenvalue weighted by Gasteiger charge is 2.14. The normalized spacial score (nSPS) is 10.6. The Balaban J connectivity index is 1.74. The zero-order valence-electron chi connectivity index (χ0n) is 13.8. The lowest BCUT2D eigenvalue weighted by Crippen LogP contribution is -2.26. The summed E-state index contributed by atoms with van der Waals surface area (Å²) in [4.78, 5) is 28.9. The van der Waals surface area contributed by atoms with E-state index in [2.05, 4.69) is 4.98 Å². The highest BCUT2D eigenvalue weighted by molar-refractivity contribution is 6.02. The Morgan fingerprint density at radius 1 is 1.16 bits per heavy atom. The second-order valence-corrected chi connectivity index (χ2v) is 5.73. The SMILES string of the molecule is CN(C(=O)CCc1cccc([N+](=O)[O-])c1)c1cccc2ncccc12. The molecule has 2 aromatic carbocycles. The summed E-state index contributed by atoms with van der Waals surface area (Å²) in [5.74, 6) is -0.0529. The third-order valence-corrected chi connectivity index (χ3v) is 4.11. The fraction of sp³-hybridized carbons (Fsp3) is 0.158. The summed E-state index contributed by atoms with van der Waals surface area (Å²) >= 11 is 0. The Kier molecular flexibility index (Phi) is 4.70. The Morgan fingerprint density at radius 3 is 2.76 bits per heavy atom. The van der Waals surface area contributed by atoms with E-state index in [-0.39, 0.29) is 18.0 Å². The summed E-state index contributed by atoms with van der Waals surface area (Å²) < 4.78 is 0. The van der Waals surface area contributed by atoms with E-state index in [0.717, 1.165) is 22.2 Å². The molecule has 0 aliphatic rings. The quantitative estimate of drug-likeness (QED) is 0.526. The topological polar surface area (TPSA) is 76.3 Å². The molecule has 25 heavy (non-hydrogen) atoms. The van der Waals surface area contributed by atoms with Crippen molar-refractivity contribution < 1.29 is 9.72 Å². The van der Waals surface area contributed by atoms with Crippen molar-refractivity contribution in [1.82, 2.24) is 4.98 Å². The van der Waals surface area contributed by atoms with Gasteiger partial charge in [-0.2, -0.15) is 0 Å². The van der Waals surface area contributed by atoms with Crippen LogP contribution in [0.1, 0.15) is 12.0 Å². The number of benzene rings is 2. The molecule has 6 heteroatoms. The number of carbonyl (C=O) groups excluding carboxylic acids is 1.